The van der Waals surface area contributed by atoms with Crippen molar-refractivity contribution in [2.45, 2.75) is 26.2 Å². The molecular weight excluding hydrogens is 356 g/mol. The van der Waals surface area contributed by atoms with E-state index in [9.17, 15) is 4.79 Å². The van der Waals surface area contributed by atoms with Crippen LogP contribution >= 0.6 is 0 Å². The van der Waals surface area contributed by atoms with Gasteiger partial charge in [-0.1, -0.05) is 17.7 Å². The fourth-order valence-corrected chi connectivity index (χ4v) is 3.01. The molecule has 1 aliphatic rings. The number of hydrogen-bond acceptors (Lipinski definition) is 4. The van der Waals surface area contributed by atoms with Gasteiger partial charge in [0.05, 0.1) is 0 Å². The van der Waals surface area contributed by atoms with E-state index in [0.29, 0.717) is 24.6 Å². The van der Waals surface area contributed by atoms with Crippen molar-refractivity contribution in [1.82, 2.24) is 16.0 Å². The fourth-order valence-electron chi connectivity index (χ4n) is 3.01. The Morgan fingerprint density at radius 1 is 1.18 bits per heavy atom. The van der Waals surface area contributed by atoms with Gasteiger partial charge in [0.25, 0.3) is 5.91 Å². The average Bonchev–Trinajstić information content (AvgIpc) is 2.72. The van der Waals surface area contributed by atoms with Crippen molar-refractivity contribution in [3.8, 4) is 0 Å². The van der Waals surface area contributed by atoms with Crippen molar-refractivity contribution in [3.05, 3.63) is 35.4 Å². The molecule has 2 rings (SSSR count). The summed E-state index contributed by atoms with van der Waals surface area (Å²) in [6, 6.07) is 7.57. The maximum atomic E-state index is 12.1. The van der Waals surface area contributed by atoms with Crippen LogP contribution in [0.4, 0.5) is 0 Å². The number of ether oxygens (including phenoxy) is 2. The first-order chi connectivity index (χ1) is 13.7. The van der Waals surface area contributed by atoms with Crippen molar-refractivity contribution in [1.29, 1.82) is 0 Å². The molecule has 0 radical (unpaired) electrons. The lowest BCUT2D eigenvalue weighted by atomic mass is 10.0. The Hall–Kier alpha value is -2.12. The van der Waals surface area contributed by atoms with E-state index in [1.165, 1.54) is 0 Å². The number of guanidine groups is 1. The number of hydrogen-bond donors (Lipinski definition) is 3. The third kappa shape index (κ3) is 8.71. The molecule has 1 saturated heterocycles. The first kappa shape index (κ1) is 22.2. The summed E-state index contributed by atoms with van der Waals surface area (Å²) in [7, 11) is 1.74. The van der Waals surface area contributed by atoms with E-state index in [1.807, 2.05) is 31.2 Å². The Morgan fingerprint density at radius 3 is 2.68 bits per heavy atom. The van der Waals surface area contributed by atoms with Gasteiger partial charge in [0.1, 0.15) is 0 Å². The highest BCUT2D eigenvalue weighted by Gasteiger charge is 2.13. The molecule has 1 fully saturated rings. The zero-order valence-corrected chi connectivity index (χ0v) is 17.1. The first-order valence-electron chi connectivity index (χ1n) is 10.1. The predicted molar refractivity (Wildman–Crippen MR) is 112 cm³/mol. The summed E-state index contributed by atoms with van der Waals surface area (Å²) in [4.78, 5) is 16.3. The molecule has 28 heavy (non-hydrogen) atoms. The van der Waals surface area contributed by atoms with Gasteiger partial charge < -0.3 is 25.4 Å². The number of nitrogens with one attached hydrogen (secondary N) is 3. The SMILES string of the molecule is CN=C(NCCCOCC1CCOCC1)NCCNC(=O)c1cccc(C)c1. The minimum absolute atomic E-state index is 0.0601. The van der Waals surface area contributed by atoms with E-state index in [-0.39, 0.29) is 5.91 Å². The summed E-state index contributed by atoms with van der Waals surface area (Å²) >= 11 is 0. The summed E-state index contributed by atoms with van der Waals surface area (Å²) in [5, 5.41) is 9.37. The highest BCUT2D eigenvalue weighted by molar-refractivity contribution is 5.94. The first-order valence-corrected chi connectivity index (χ1v) is 10.1. The highest BCUT2D eigenvalue weighted by atomic mass is 16.5. The molecule has 1 heterocycles. The zero-order chi connectivity index (χ0) is 20.0. The van der Waals surface area contributed by atoms with Crippen molar-refractivity contribution in [2.24, 2.45) is 10.9 Å². The summed E-state index contributed by atoms with van der Waals surface area (Å²) in [5.41, 5.74) is 1.76. The monoisotopic (exact) mass is 390 g/mol. The molecule has 0 atom stereocenters. The Balaban J connectivity index is 1.49. The van der Waals surface area contributed by atoms with E-state index in [0.717, 1.165) is 63.8 Å². The minimum Gasteiger partial charge on any atom is -0.381 e. The number of carbonyl (C=O) groups is 1. The number of aryl methyl sites for hydroxylation is 1. The number of aliphatic imine (C=N–C) groups is 1. The van der Waals surface area contributed by atoms with Gasteiger partial charge in [0, 0.05) is 58.7 Å². The Morgan fingerprint density at radius 2 is 1.93 bits per heavy atom. The van der Waals surface area contributed by atoms with Crippen molar-refractivity contribution < 1.29 is 14.3 Å². The molecule has 1 aliphatic heterocycles. The minimum atomic E-state index is -0.0601. The van der Waals surface area contributed by atoms with E-state index in [1.54, 1.807) is 7.05 Å². The summed E-state index contributed by atoms with van der Waals surface area (Å²) in [6.07, 6.45) is 3.14. The van der Waals surface area contributed by atoms with Crippen LogP contribution in [0.1, 0.15) is 35.2 Å². The molecule has 156 valence electrons. The van der Waals surface area contributed by atoms with Crippen molar-refractivity contribution in [3.63, 3.8) is 0 Å². The van der Waals surface area contributed by atoms with Gasteiger partial charge in [-0.05, 0) is 44.2 Å². The van der Waals surface area contributed by atoms with Gasteiger partial charge >= 0.3 is 0 Å². The van der Waals surface area contributed by atoms with Crippen LogP contribution in [0.15, 0.2) is 29.3 Å². The van der Waals surface area contributed by atoms with Crippen LogP contribution in [-0.4, -0.2) is 65.0 Å². The largest absolute Gasteiger partial charge is 0.381 e. The molecular formula is C21H34N4O3. The van der Waals surface area contributed by atoms with E-state index < -0.39 is 0 Å². The second-order valence-electron chi connectivity index (χ2n) is 7.04. The number of carbonyl (C=O) groups excluding carboxylic acids is 1. The van der Waals surface area contributed by atoms with Crippen LogP contribution in [0.25, 0.3) is 0 Å². The molecule has 3 N–H and O–H groups in total. The standard InChI is InChI=1S/C21H34N4O3/c1-17-5-3-6-19(15-17)20(26)23-10-11-25-21(22-2)24-9-4-12-28-16-18-7-13-27-14-8-18/h3,5-6,15,18H,4,7-14,16H2,1-2H3,(H,23,26)(H2,22,24,25). The summed E-state index contributed by atoms with van der Waals surface area (Å²) < 4.78 is 11.1. The second-order valence-corrected chi connectivity index (χ2v) is 7.04. The molecule has 7 heteroatoms. The van der Waals surface area contributed by atoms with Gasteiger partial charge in [0.2, 0.25) is 0 Å². The Labute approximate surface area is 168 Å². The van der Waals surface area contributed by atoms with Gasteiger partial charge in [0.15, 0.2) is 5.96 Å². The van der Waals surface area contributed by atoms with Crippen LogP contribution < -0.4 is 16.0 Å². The molecule has 0 spiro atoms. The summed E-state index contributed by atoms with van der Waals surface area (Å²) in [5.74, 6) is 1.32. The molecule has 1 aromatic carbocycles. The second kappa shape index (κ2) is 13.1. The number of amides is 1. The average molecular weight is 391 g/mol. The lowest BCUT2D eigenvalue weighted by Gasteiger charge is -2.21. The summed E-state index contributed by atoms with van der Waals surface area (Å²) in [6.45, 7) is 7.21. The lowest BCUT2D eigenvalue weighted by Crippen LogP contribution is -2.42. The molecule has 0 aliphatic carbocycles. The number of benzene rings is 1. The third-order valence-electron chi connectivity index (χ3n) is 4.66. The van der Waals surface area contributed by atoms with Gasteiger partial charge in [-0.25, -0.2) is 0 Å². The maximum absolute atomic E-state index is 12.1. The zero-order valence-electron chi connectivity index (χ0n) is 17.1. The van der Waals surface area contributed by atoms with E-state index in [4.69, 9.17) is 9.47 Å². The van der Waals surface area contributed by atoms with E-state index >= 15 is 0 Å². The Bertz CT molecular complexity index is 615. The molecule has 7 nitrogen and oxygen atoms in total. The third-order valence-corrected chi connectivity index (χ3v) is 4.66. The molecule has 0 unspecified atom stereocenters. The quantitative estimate of drug-likeness (QED) is 0.322. The van der Waals surface area contributed by atoms with Gasteiger partial charge in [-0.3, -0.25) is 9.79 Å². The van der Waals surface area contributed by atoms with Crippen LogP contribution in [0, 0.1) is 12.8 Å². The molecule has 1 amide bonds. The number of nitrogens with zero attached hydrogens (tertiary/aromatic N) is 1. The van der Waals surface area contributed by atoms with Crippen molar-refractivity contribution in [2.75, 3.05) is 53.1 Å². The van der Waals surface area contributed by atoms with Gasteiger partial charge in [-0.15, -0.1) is 0 Å². The van der Waals surface area contributed by atoms with Crippen LogP contribution in [0.2, 0.25) is 0 Å². The fraction of sp³-hybridized carbons (Fsp3) is 0.619. The molecule has 0 bridgehead atoms. The molecule has 0 aromatic heterocycles. The maximum Gasteiger partial charge on any atom is 0.251 e. The van der Waals surface area contributed by atoms with E-state index in [2.05, 4.69) is 20.9 Å². The molecule has 0 saturated carbocycles. The van der Waals surface area contributed by atoms with Crippen LogP contribution in [0.5, 0.6) is 0 Å². The topological polar surface area (TPSA) is 84.0 Å². The Kier molecular flexibility index (Phi) is 10.4. The van der Waals surface area contributed by atoms with Crippen LogP contribution in [0.3, 0.4) is 0 Å². The smallest absolute Gasteiger partial charge is 0.251 e. The predicted octanol–water partition coefficient (Wildman–Crippen LogP) is 1.72. The lowest BCUT2D eigenvalue weighted by molar-refractivity contribution is 0.0203. The van der Waals surface area contributed by atoms with Gasteiger partial charge in [-0.2, -0.15) is 0 Å². The highest BCUT2D eigenvalue weighted by Crippen LogP contribution is 2.14. The number of rotatable bonds is 10. The molecule has 1 aromatic rings. The van der Waals surface area contributed by atoms with Crippen LogP contribution in [-0.2, 0) is 9.47 Å². The van der Waals surface area contributed by atoms with Crippen molar-refractivity contribution >= 4 is 11.9 Å². The normalized spacial score (nSPS) is 15.3.